The molecule has 1 aromatic rings. The number of aromatic nitrogens is 1. The highest BCUT2D eigenvalue weighted by atomic mass is 16.6. The predicted molar refractivity (Wildman–Crippen MR) is 92.9 cm³/mol. The molecule has 0 atom stereocenters. The van der Waals surface area contributed by atoms with Crippen LogP contribution in [-0.2, 0) is 4.74 Å². The van der Waals surface area contributed by atoms with E-state index < -0.39 is 0 Å². The highest BCUT2D eigenvalue weighted by Gasteiger charge is 2.51. The van der Waals surface area contributed by atoms with Crippen LogP contribution in [-0.4, -0.2) is 59.3 Å². The number of ether oxygens (including phenoxy) is 1. The average Bonchev–Trinajstić information content (AvgIpc) is 3.24. The molecule has 2 saturated heterocycles. The van der Waals surface area contributed by atoms with Crippen LogP contribution in [0.25, 0.3) is 0 Å². The fourth-order valence-corrected chi connectivity index (χ4v) is 4.98. The molecule has 1 aromatic heterocycles. The number of carbonyl (C=O) groups is 1. The average molecular weight is 331 g/mol. The normalized spacial score (nSPS) is 31.4. The summed E-state index contributed by atoms with van der Waals surface area (Å²) in [5.74, 6) is 0. The first-order valence-corrected chi connectivity index (χ1v) is 9.47. The third-order valence-corrected chi connectivity index (χ3v) is 6.37. The predicted octanol–water partition coefficient (Wildman–Crippen LogP) is 3.14. The molecule has 0 aromatic carbocycles. The van der Waals surface area contributed by atoms with Gasteiger partial charge < -0.3 is 19.1 Å². The van der Waals surface area contributed by atoms with E-state index in [1.54, 1.807) is 0 Å². The zero-order valence-electron chi connectivity index (χ0n) is 14.7. The maximum atomic E-state index is 11.9. The maximum Gasteiger partial charge on any atom is 0.409 e. The second kappa shape index (κ2) is 6.43. The van der Waals surface area contributed by atoms with Gasteiger partial charge in [0, 0.05) is 50.7 Å². The molecular formula is C19H29N3O2. The smallest absolute Gasteiger partial charge is 0.409 e. The number of amides is 1. The number of hydrogen-bond donors (Lipinski definition) is 0. The van der Waals surface area contributed by atoms with E-state index in [1.165, 1.54) is 38.8 Å². The van der Waals surface area contributed by atoms with Crippen LogP contribution in [0.15, 0.2) is 24.5 Å². The number of carbonyl (C=O) groups excluding carboxylic acids is 1. The summed E-state index contributed by atoms with van der Waals surface area (Å²) in [5, 5.41) is 0. The van der Waals surface area contributed by atoms with E-state index in [2.05, 4.69) is 34.0 Å². The Labute approximate surface area is 144 Å². The van der Waals surface area contributed by atoms with Gasteiger partial charge in [-0.2, -0.15) is 0 Å². The number of rotatable bonds is 3. The molecule has 5 nitrogen and oxygen atoms in total. The lowest BCUT2D eigenvalue weighted by molar-refractivity contribution is -0.00824. The van der Waals surface area contributed by atoms with Gasteiger partial charge in [-0.3, -0.25) is 0 Å². The van der Waals surface area contributed by atoms with E-state index in [0.29, 0.717) is 18.1 Å². The second-order valence-corrected chi connectivity index (χ2v) is 7.83. The van der Waals surface area contributed by atoms with Crippen LogP contribution in [0.1, 0.15) is 45.1 Å². The van der Waals surface area contributed by atoms with E-state index >= 15 is 0 Å². The van der Waals surface area contributed by atoms with Gasteiger partial charge in [-0.25, -0.2) is 4.79 Å². The topological polar surface area (TPSA) is 37.7 Å². The van der Waals surface area contributed by atoms with Gasteiger partial charge >= 0.3 is 6.09 Å². The lowest BCUT2D eigenvalue weighted by Gasteiger charge is -2.51. The Kier molecular flexibility index (Phi) is 4.29. The molecule has 4 rings (SSSR count). The lowest BCUT2D eigenvalue weighted by Crippen LogP contribution is -2.54. The van der Waals surface area contributed by atoms with Gasteiger partial charge in [-0.05, 0) is 56.6 Å². The zero-order valence-corrected chi connectivity index (χ0v) is 14.7. The first-order valence-electron chi connectivity index (χ1n) is 9.47. The molecule has 0 radical (unpaired) electrons. The summed E-state index contributed by atoms with van der Waals surface area (Å²) in [7, 11) is 0. The summed E-state index contributed by atoms with van der Waals surface area (Å²) in [6.45, 7) is 6.56. The minimum atomic E-state index is -0.120. The monoisotopic (exact) mass is 331 g/mol. The van der Waals surface area contributed by atoms with Crippen molar-refractivity contribution in [3.63, 3.8) is 0 Å². The summed E-state index contributed by atoms with van der Waals surface area (Å²) in [4.78, 5) is 16.5. The Balaban J connectivity index is 1.24. The molecule has 3 heterocycles. The van der Waals surface area contributed by atoms with Crippen LogP contribution < -0.4 is 0 Å². The standard InChI is InChI=1S/C19H29N3O2/c1-2-24-18(23)22-12-7-19(15-22)13-17(14-19)21-10-5-16(6-11-21)20-8-3-4-9-20/h3-4,8-9,16-17H,2,5-7,10-15H2,1H3. The molecule has 0 bridgehead atoms. The SMILES string of the molecule is CCOC(=O)N1CCC2(CC(N3CCC(n4cccc4)CC3)C2)C1. The largest absolute Gasteiger partial charge is 0.450 e. The zero-order chi connectivity index (χ0) is 16.6. The molecular weight excluding hydrogens is 302 g/mol. The van der Waals surface area contributed by atoms with E-state index in [0.717, 1.165) is 25.6 Å². The lowest BCUT2D eigenvalue weighted by atomic mass is 9.64. The van der Waals surface area contributed by atoms with Crippen LogP contribution in [0.3, 0.4) is 0 Å². The van der Waals surface area contributed by atoms with Crippen molar-refractivity contribution in [2.75, 3.05) is 32.8 Å². The molecule has 3 fully saturated rings. The fraction of sp³-hybridized carbons (Fsp3) is 0.737. The Bertz CT molecular complexity index is 557. The minimum absolute atomic E-state index is 0.120. The second-order valence-electron chi connectivity index (χ2n) is 7.83. The Morgan fingerprint density at radius 2 is 1.83 bits per heavy atom. The van der Waals surface area contributed by atoms with E-state index in [-0.39, 0.29) is 6.09 Å². The Morgan fingerprint density at radius 3 is 2.50 bits per heavy atom. The van der Waals surface area contributed by atoms with Crippen molar-refractivity contribution in [1.82, 2.24) is 14.4 Å². The van der Waals surface area contributed by atoms with Gasteiger partial charge in [-0.15, -0.1) is 0 Å². The van der Waals surface area contributed by atoms with Crippen molar-refractivity contribution in [3.8, 4) is 0 Å². The van der Waals surface area contributed by atoms with Gasteiger partial charge in [0.1, 0.15) is 0 Å². The summed E-state index contributed by atoms with van der Waals surface area (Å²) >= 11 is 0. The van der Waals surface area contributed by atoms with Crippen LogP contribution in [0.5, 0.6) is 0 Å². The summed E-state index contributed by atoms with van der Waals surface area (Å²) in [6.07, 6.45) is 10.5. The van der Waals surface area contributed by atoms with Gasteiger partial charge in [0.2, 0.25) is 0 Å². The van der Waals surface area contributed by atoms with Crippen LogP contribution in [0, 0.1) is 5.41 Å². The van der Waals surface area contributed by atoms with Crippen molar-refractivity contribution in [3.05, 3.63) is 24.5 Å². The number of piperidine rings is 1. The maximum absolute atomic E-state index is 11.9. The Morgan fingerprint density at radius 1 is 1.12 bits per heavy atom. The summed E-state index contributed by atoms with van der Waals surface area (Å²) < 4.78 is 7.52. The number of nitrogens with zero attached hydrogens (tertiary/aromatic N) is 3. The summed E-state index contributed by atoms with van der Waals surface area (Å²) in [5.41, 5.74) is 0.384. The molecule has 5 heteroatoms. The molecule has 1 spiro atoms. The van der Waals surface area contributed by atoms with Crippen molar-refractivity contribution in [1.29, 1.82) is 0 Å². The minimum Gasteiger partial charge on any atom is -0.450 e. The summed E-state index contributed by atoms with van der Waals surface area (Å²) in [6, 6.07) is 5.66. The molecule has 0 N–H and O–H groups in total. The molecule has 1 saturated carbocycles. The third kappa shape index (κ3) is 2.94. The van der Waals surface area contributed by atoms with Gasteiger partial charge in [0.05, 0.1) is 6.61 Å². The van der Waals surface area contributed by atoms with Crippen molar-refractivity contribution >= 4 is 6.09 Å². The van der Waals surface area contributed by atoms with Crippen LogP contribution in [0.2, 0.25) is 0 Å². The number of likely N-dealkylation sites (tertiary alicyclic amines) is 2. The number of hydrogen-bond acceptors (Lipinski definition) is 3. The first-order chi connectivity index (χ1) is 11.7. The van der Waals surface area contributed by atoms with Crippen molar-refractivity contribution in [2.45, 2.75) is 51.1 Å². The molecule has 3 aliphatic rings. The first kappa shape index (κ1) is 16.0. The molecule has 1 amide bonds. The molecule has 132 valence electrons. The molecule has 2 aliphatic heterocycles. The third-order valence-electron chi connectivity index (χ3n) is 6.37. The Hall–Kier alpha value is -1.49. The van der Waals surface area contributed by atoms with Crippen LogP contribution >= 0.6 is 0 Å². The highest BCUT2D eigenvalue weighted by Crippen LogP contribution is 2.50. The van der Waals surface area contributed by atoms with E-state index in [4.69, 9.17) is 4.74 Å². The molecule has 0 unspecified atom stereocenters. The highest BCUT2D eigenvalue weighted by molar-refractivity contribution is 5.68. The van der Waals surface area contributed by atoms with Gasteiger partial charge in [0.25, 0.3) is 0 Å². The van der Waals surface area contributed by atoms with Crippen LogP contribution in [0.4, 0.5) is 4.79 Å². The molecule has 24 heavy (non-hydrogen) atoms. The van der Waals surface area contributed by atoms with Gasteiger partial charge in [-0.1, -0.05) is 0 Å². The van der Waals surface area contributed by atoms with Crippen molar-refractivity contribution < 1.29 is 9.53 Å². The van der Waals surface area contributed by atoms with Crippen molar-refractivity contribution in [2.24, 2.45) is 5.41 Å². The van der Waals surface area contributed by atoms with Gasteiger partial charge in [0.15, 0.2) is 0 Å². The molecule has 1 aliphatic carbocycles. The van der Waals surface area contributed by atoms with E-state index in [9.17, 15) is 4.79 Å². The quantitative estimate of drug-likeness (QED) is 0.854. The fourth-order valence-electron chi connectivity index (χ4n) is 4.98. The van der Waals surface area contributed by atoms with E-state index in [1.807, 2.05) is 11.8 Å².